The van der Waals surface area contributed by atoms with Crippen molar-refractivity contribution in [1.29, 1.82) is 0 Å². The zero-order valence-corrected chi connectivity index (χ0v) is 11.3. The van der Waals surface area contributed by atoms with Crippen molar-refractivity contribution in [3.05, 3.63) is 47.5 Å². The number of nitrogens with one attached hydrogen (secondary N) is 1. The van der Waals surface area contributed by atoms with Crippen LogP contribution in [0, 0.1) is 5.95 Å². The maximum atomic E-state index is 11.5. The number of nitrogens with zero attached hydrogens (tertiary/aromatic N) is 2. The van der Waals surface area contributed by atoms with Crippen LogP contribution in [0.25, 0.3) is 0 Å². The molecule has 0 radical (unpaired) electrons. The van der Waals surface area contributed by atoms with E-state index in [1.807, 2.05) is 0 Å². The minimum absolute atomic E-state index is 0.574. The first-order valence-electron chi connectivity index (χ1n) is 6.11. The second-order valence-electron chi connectivity index (χ2n) is 4.77. The monoisotopic (exact) mass is 249 g/mol. The summed E-state index contributed by atoms with van der Waals surface area (Å²) < 4.78 is 11.5. The van der Waals surface area contributed by atoms with Gasteiger partial charge in [-0.25, -0.2) is 0 Å². The first-order valence-corrected chi connectivity index (χ1v) is 6.11. The number of hydrogen-bond donors (Lipinski definition) is 1. The molecule has 4 heteroatoms. The summed E-state index contributed by atoms with van der Waals surface area (Å²) in [5.41, 5.74) is 2.89. The van der Waals surface area contributed by atoms with Gasteiger partial charge >= 0.3 is 0 Å². The molecular formula is C14H20FN3. The van der Waals surface area contributed by atoms with Crippen LogP contribution in [0.15, 0.2) is 30.5 Å². The summed E-state index contributed by atoms with van der Waals surface area (Å²) in [6, 6.07) is 8.88. The van der Waals surface area contributed by atoms with E-state index in [1.165, 1.54) is 11.1 Å². The van der Waals surface area contributed by atoms with Gasteiger partial charge in [0.1, 0.15) is 6.20 Å². The van der Waals surface area contributed by atoms with Crippen molar-refractivity contribution >= 4 is 0 Å². The number of aromatic nitrogens is 3. The highest BCUT2D eigenvalue weighted by molar-refractivity contribution is 5.27. The van der Waals surface area contributed by atoms with Crippen molar-refractivity contribution in [3.63, 3.8) is 0 Å². The molecule has 2 aromatic rings. The molecule has 0 atom stereocenters. The predicted molar refractivity (Wildman–Crippen MR) is 71.0 cm³/mol. The van der Waals surface area contributed by atoms with E-state index in [2.05, 4.69) is 67.4 Å². The van der Waals surface area contributed by atoms with Gasteiger partial charge in [-0.1, -0.05) is 52.0 Å². The lowest BCUT2D eigenvalue weighted by molar-refractivity contribution is 0.579. The molecule has 0 bridgehead atoms. The summed E-state index contributed by atoms with van der Waals surface area (Å²) >= 11 is 0. The fourth-order valence-electron chi connectivity index (χ4n) is 1.46. The van der Waals surface area contributed by atoms with Crippen molar-refractivity contribution in [2.24, 2.45) is 0 Å². The average molecular weight is 249 g/mol. The molecule has 0 fully saturated rings. The number of rotatable bonds is 2. The summed E-state index contributed by atoms with van der Waals surface area (Å²) in [6.45, 7) is 8.94. The third-order valence-corrected chi connectivity index (χ3v) is 2.63. The van der Waals surface area contributed by atoms with E-state index in [0.717, 1.165) is 6.20 Å². The lowest BCUT2D eigenvalue weighted by Gasteiger charge is -2.09. The summed E-state index contributed by atoms with van der Waals surface area (Å²) in [5.74, 6) is 0.711. The standard InChI is InChI=1S/C12H18.C2H2FN3/c1-9(2)11-6-5-7-12(8-11)10(3)4;3-2-1-4-6-5-2/h5-10H,1-4H3;1H,(H,4,5,6). The fourth-order valence-corrected chi connectivity index (χ4v) is 1.46. The van der Waals surface area contributed by atoms with Crippen molar-refractivity contribution < 1.29 is 4.39 Å². The number of benzene rings is 1. The molecule has 2 rings (SSSR count). The maximum absolute atomic E-state index is 11.5. The Morgan fingerprint density at radius 2 is 1.61 bits per heavy atom. The Kier molecular flexibility index (Phi) is 5.49. The van der Waals surface area contributed by atoms with Crippen molar-refractivity contribution in [2.45, 2.75) is 39.5 Å². The number of halogens is 1. The van der Waals surface area contributed by atoms with Gasteiger partial charge in [-0.2, -0.15) is 14.7 Å². The molecule has 0 amide bonds. The van der Waals surface area contributed by atoms with Crippen LogP contribution in [0.1, 0.15) is 50.7 Å². The zero-order chi connectivity index (χ0) is 13.5. The van der Waals surface area contributed by atoms with Gasteiger partial charge in [0, 0.05) is 0 Å². The molecular weight excluding hydrogens is 229 g/mol. The van der Waals surface area contributed by atoms with Gasteiger partial charge in [0.15, 0.2) is 0 Å². The molecule has 1 heterocycles. The van der Waals surface area contributed by atoms with Gasteiger partial charge < -0.3 is 0 Å². The van der Waals surface area contributed by atoms with Crippen molar-refractivity contribution in [1.82, 2.24) is 15.4 Å². The molecule has 3 nitrogen and oxygen atoms in total. The maximum Gasteiger partial charge on any atom is 0.252 e. The lowest BCUT2D eigenvalue weighted by atomic mass is 9.96. The smallest absolute Gasteiger partial charge is 0.195 e. The SMILES string of the molecule is CC(C)c1cccc(C(C)C)c1.Fc1cn[nH]n1. The Balaban J connectivity index is 0.000000225. The number of H-pyrrole nitrogens is 1. The van der Waals surface area contributed by atoms with E-state index in [1.54, 1.807) is 0 Å². The van der Waals surface area contributed by atoms with Gasteiger partial charge in [-0.15, -0.1) is 5.10 Å². The van der Waals surface area contributed by atoms with E-state index in [4.69, 9.17) is 0 Å². The normalized spacial score (nSPS) is 10.4. The van der Waals surface area contributed by atoms with Crippen LogP contribution in [-0.4, -0.2) is 15.4 Å². The third kappa shape index (κ3) is 4.65. The summed E-state index contributed by atoms with van der Waals surface area (Å²) in [5, 5.41) is 8.28. The predicted octanol–water partition coefficient (Wildman–Crippen LogP) is 3.88. The largest absolute Gasteiger partial charge is 0.252 e. The van der Waals surface area contributed by atoms with Gasteiger partial charge in [0.05, 0.1) is 0 Å². The number of aromatic amines is 1. The second kappa shape index (κ2) is 6.89. The van der Waals surface area contributed by atoms with Crippen molar-refractivity contribution in [3.8, 4) is 0 Å². The Hall–Kier alpha value is -1.71. The van der Waals surface area contributed by atoms with E-state index in [-0.39, 0.29) is 0 Å². The molecule has 0 spiro atoms. The highest BCUT2D eigenvalue weighted by Gasteiger charge is 2.02. The Morgan fingerprint density at radius 3 is 1.89 bits per heavy atom. The molecule has 18 heavy (non-hydrogen) atoms. The van der Waals surface area contributed by atoms with Crippen LogP contribution >= 0.6 is 0 Å². The molecule has 1 aromatic heterocycles. The second-order valence-corrected chi connectivity index (χ2v) is 4.77. The van der Waals surface area contributed by atoms with Crippen LogP contribution in [0.2, 0.25) is 0 Å². The van der Waals surface area contributed by atoms with E-state index >= 15 is 0 Å². The molecule has 0 saturated heterocycles. The molecule has 1 N–H and O–H groups in total. The first-order chi connectivity index (χ1) is 8.50. The van der Waals surface area contributed by atoms with Gasteiger partial charge in [0.2, 0.25) is 0 Å². The van der Waals surface area contributed by atoms with E-state index < -0.39 is 5.95 Å². The Labute approximate surface area is 107 Å². The summed E-state index contributed by atoms with van der Waals surface area (Å²) in [4.78, 5) is 0. The highest BCUT2D eigenvalue weighted by atomic mass is 19.1. The third-order valence-electron chi connectivity index (χ3n) is 2.63. The minimum atomic E-state index is -0.574. The van der Waals surface area contributed by atoms with E-state index in [0.29, 0.717) is 11.8 Å². The highest BCUT2D eigenvalue weighted by Crippen LogP contribution is 2.20. The van der Waals surface area contributed by atoms with Gasteiger partial charge in [0.25, 0.3) is 5.95 Å². The number of hydrogen-bond acceptors (Lipinski definition) is 2. The van der Waals surface area contributed by atoms with Crippen LogP contribution < -0.4 is 0 Å². The summed E-state index contributed by atoms with van der Waals surface area (Å²) in [7, 11) is 0. The van der Waals surface area contributed by atoms with Crippen molar-refractivity contribution in [2.75, 3.05) is 0 Å². The molecule has 0 saturated carbocycles. The van der Waals surface area contributed by atoms with Gasteiger partial charge in [-0.3, -0.25) is 0 Å². The zero-order valence-electron chi connectivity index (χ0n) is 11.3. The quantitative estimate of drug-likeness (QED) is 0.877. The van der Waals surface area contributed by atoms with Gasteiger partial charge in [-0.05, 0) is 23.0 Å². The molecule has 0 unspecified atom stereocenters. The average Bonchev–Trinajstić information content (AvgIpc) is 2.81. The molecule has 0 aliphatic heterocycles. The molecule has 98 valence electrons. The Morgan fingerprint density at radius 1 is 1.06 bits per heavy atom. The van der Waals surface area contributed by atoms with Crippen LogP contribution in [0.5, 0.6) is 0 Å². The van der Waals surface area contributed by atoms with Crippen LogP contribution in [0.4, 0.5) is 4.39 Å². The molecule has 1 aromatic carbocycles. The van der Waals surface area contributed by atoms with Crippen LogP contribution in [0.3, 0.4) is 0 Å². The van der Waals surface area contributed by atoms with E-state index in [9.17, 15) is 4.39 Å². The minimum Gasteiger partial charge on any atom is -0.195 e. The Bertz CT molecular complexity index is 427. The molecule has 0 aliphatic rings. The summed E-state index contributed by atoms with van der Waals surface area (Å²) in [6.07, 6.45) is 1.00. The first kappa shape index (κ1) is 14.4. The fraction of sp³-hybridized carbons (Fsp3) is 0.429. The molecule has 0 aliphatic carbocycles. The topological polar surface area (TPSA) is 41.6 Å². The van der Waals surface area contributed by atoms with Crippen LogP contribution in [-0.2, 0) is 0 Å². The lowest BCUT2D eigenvalue weighted by Crippen LogP contribution is -1.91.